The monoisotopic (exact) mass is 489 g/mol. The minimum Gasteiger partial charge on any atom is -0.544 e. The molecule has 2 N–H and O–H groups in total. The number of hydrogen-bond acceptors (Lipinski definition) is 4. The van der Waals surface area contributed by atoms with Crippen LogP contribution in [0.1, 0.15) is 142 Å². The van der Waals surface area contributed by atoms with Crippen LogP contribution in [0.3, 0.4) is 0 Å². The SMILES string of the molecule is C=CCCCCCCCCCCCCCCCCCCCCCC1=NC=C[N+]1(CC(=O)[O-])C(C)N. The molecule has 202 valence electrons. The van der Waals surface area contributed by atoms with Gasteiger partial charge in [0.2, 0.25) is 5.84 Å². The van der Waals surface area contributed by atoms with Crippen LogP contribution < -0.4 is 10.8 Å². The number of carbonyl (C=O) groups is 1. The third-order valence-electron chi connectivity index (χ3n) is 7.46. The van der Waals surface area contributed by atoms with E-state index in [9.17, 15) is 9.90 Å². The maximum absolute atomic E-state index is 11.2. The van der Waals surface area contributed by atoms with Crippen molar-refractivity contribution in [3.63, 3.8) is 0 Å². The number of carbonyl (C=O) groups excluding carboxylic acids is 1. The van der Waals surface area contributed by atoms with Crippen LogP contribution in [-0.4, -0.2) is 29.0 Å². The summed E-state index contributed by atoms with van der Waals surface area (Å²) >= 11 is 0. The van der Waals surface area contributed by atoms with Gasteiger partial charge in [0.1, 0.15) is 18.9 Å². The van der Waals surface area contributed by atoms with Gasteiger partial charge in [-0.05, 0) is 19.3 Å². The lowest BCUT2D eigenvalue weighted by Gasteiger charge is -2.36. The number of hydrogen-bond donors (Lipinski definition) is 1. The van der Waals surface area contributed by atoms with Gasteiger partial charge in [-0.15, -0.1) is 6.58 Å². The van der Waals surface area contributed by atoms with E-state index in [0.29, 0.717) is 0 Å². The normalized spacial score (nSPS) is 18.1. The van der Waals surface area contributed by atoms with Crippen LogP contribution in [0.2, 0.25) is 0 Å². The van der Waals surface area contributed by atoms with Crippen molar-refractivity contribution in [2.24, 2.45) is 10.7 Å². The number of aliphatic imine (C=N–C) groups is 1. The molecule has 0 bridgehead atoms. The molecule has 35 heavy (non-hydrogen) atoms. The molecule has 0 aromatic carbocycles. The predicted molar refractivity (Wildman–Crippen MR) is 148 cm³/mol. The second-order valence-corrected chi connectivity index (χ2v) is 10.6. The molecule has 1 aliphatic heterocycles. The summed E-state index contributed by atoms with van der Waals surface area (Å²) in [7, 11) is 0. The number of carboxylic acid groups (broad SMARTS) is 1. The maximum atomic E-state index is 11.2. The Balaban J connectivity index is 1.86. The summed E-state index contributed by atoms with van der Waals surface area (Å²) < 4.78 is 0.110. The lowest BCUT2D eigenvalue weighted by atomic mass is 10.0. The van der Waals surface area contributed by atoms with Crippen LogP contribution >= 0.6 is 0 Å². The zero-order chi connectivity index (χ0) is 25.6. The van der Waals surface area contributed by atoms with Gasteiger partial charge in [0.05, 0.1) is 12.2 Å². The predicted octanol–water partition coefficient (Wildman–Crippen LogP) is 7.12. The largest absolute Gasteiger partial charge is 0.544 e. The van der Waals surface area contributed by atoms with E-state index in [1.807, 2.05) is 13.0 Å². The van der Waals surface area contributed by atoms with Crippen LogP contribution in [0, 0.1) is 0 Å². The highest BCUT2D eigenvalue weighted by Crippen LogP contribution is 2.23. The number of quaternary nitrogens is 1. The standard InChI is InChI=1S/C30H55N3O2/c1-3-4-5-6-7-8-9-10-11-12-13-14-15-16-17-18-19-20-21-22-23-24-29-32-25-26-33(29,28(2)31)27-30(34)35/h3,25-26,28H,1,4-24,27,31H2,2H3. The van der Waals surface area contributed by atoms with Gasteiger partial charge in [-0.3, -0.25) is 5.73 Å². The molecule has 1 aliphatic rings. The molecule has 0 fully saturated rings. The van der Waals surface area contributed by atoms with E-state index in [2.05, 4.69) is 11.6 Å². The third-order valence-corrected chi connectivity index (χ3v) is 7.46. The number of rotatable bonds is 25. The van der Waals surface area contributed by atoms with Gasteiger partial charge in [-0.1, -0.05) is 115 Å². The third kappa shape index (κ3) is 14.6. The first-order chi connectivity index (χ1) is 17.0. The van der Waals surface area contributed by atoms with Crippen molar-refractivity contribution >= 4 is 11.8 Å². The molecular formula is C30H55N3O2. The smallest absolute Gasteiger partial charge is 0.209 e. The number of carboxylic acids is 1. The van der Waals surface area contributed by atoms with Crippen molar-refractivity contribution in [3.8, 4) is 0 Å². The highest BCUT2D eigenvalue weighted by molar-refractivity contribution is 5.81. The summed E-state index contributed by atoms with van der Waals surface area (Å²) in [5, 5.41) is 11.2. The Morgan fingerprint density at radius 2 is 1.26 bits per heavy atom. The molecule has 0 amide bonds. The molecule has 0 aromatic heterocycles. The zero-order valence-corrected chi connectivity index (χ0v) is 22.9. The van der Waals surface area contributed by atoms with Crippen LogP contribution in [0.5, 0.6) is 0 Å². The van der Waals surface area contributed by atoms with Gasteiger partial charge in [0, 0.05) is 13.3 Å². The van der Waals surface area contributed by atoms with Gasteiger partial charge >= 0.3 is 0 Å². The molecule has 0 saturated heterocycles. The molecule has 1 rings (SSSR count). The second kappa shape index (κ2) is 20.7. The molecule has 2 atom stereocenters. The highest BCUT2D eigenvalue weighted by Gasteiger charge is 2.38. The molecule has 0 aromatic rings. The van der Waals surface area contributed by atoms with Crippen molar-refractivity contribution in [1.29, 1.82) is 0 Å². The highest BCUT2D eigenvalue weighted by atomic mass is 16.4. The van der Waals surface area contributed by atoms with E-state index >= 15 is 0 Å². The summed E-state index contributed by atoms with van der Waals surface area (Å²) in [5.41, 5.74) is 6.10. The fourth-order valence-corrected chi connectivity index (χ4v) is 5.15. The first-order valence-corrected chi connectivity index (χ1v) is 14.7. The Hall–Kier alpha value is -1.46. The molecule has 2 unspecified atom stereocenters. The Labute approximate surface area is 216 Å². The number of aliphatic carboxylic acids is 1. The molecule has 0 saturated carbocycles. The first kappa shape index (κ1) is 31.6. The van der Waals surface area contributed by atoms with E-state index < -0.39 is 5.97 Å². The average molecular weight is 490 g/mol. The number of unbranched alkanes of at least 4 members (excludes halogenated alkanes) is 19. The fourth-order valence-electron chi connectivity index (χ4n) is 5.15. The quantitative estimate of drug-likeness (QED) is 0.0842. The van der Waals surface area contributed by atoms with Crippen LogP contribution in [0.4, 0.5) is 0 Å². The van der Waals surface area contributed by atoms with E-state index in [4.69, 9.17) is 5.73 Å². The Bertz CT molecular complexity index is 615. The van der Waals surface area contributed by atoms with Crippen molar-refractivity contribution in [3.05, 3.63) is 25.1 Å². The van der Waals surface area contributed by atoms with E-state index in [1.54, 1.807) is 12.4 Å². The van der Waals surface area contributed by atoms with Crippen molar-refractivity contribution < 1.29 is 14.4 Å². The van der Waals surface area contributed by atoms with Gasteiger partial charge in [0.25, 0.3) is 0 Å². The van der Waals surface area contributed by atoms with Gasteiger partial charge < -0.3 is 9.90 Å². The van der Waals surface area contributed by atoms with Crippen LogP contribution in [0.15, 0.2) is 30.0 Å². The van der Waals surface area contributed by atoms with Crippen LogP contribution in [0.25, 0.3) is 0 Å². The molecule has 5 heteroatoms. The minimum atomic E-state index is -1.09. The number of nitrogens with two attached hydrogens (primary N) is 1. The lowest BCUT2D eigenvalue weighted by molar-refractivity contribution is -0.808. The Kier molecular flexibility index (Phi) is 18.7. The summed E-state index contributed by atoms with van der Waals surface area (Å²) in [4.78, 5) is 15.6. The van der Waals surface area contributed by atoms with Crippen molar-refractivity contribution in [2.75, 3.05) is 6.54 Å². The van der Waals surface area contributed by atoms with E-state index in [1.165, 1.54) is 122 Å². The van der Waals surface area contributed by atoms with Crippen molar-refractivity contribution in [1.82, 2.24) is 0 Å². The van der Waals surface area contributed by atoms with E-state index in [-0.39, 0.29) is 17.2 Å². The van der Waals surface area contributed by atoms with Crippen molar-refractivity contribution in [2.45, 2.75) is 148 Å². The van der Waals surface area contributed by atoms with Gasteiger partial charge in [0.15, 0.2) is 0 Å². The zero-order valence-electron chi connectivity index (χ0n) is 22.9. The van der Waals surface area contributed by atoms with Gasteiger partial charge in [-0.2, -0.15) is 0 Å². The van der Waals surface area contributed by atoms with Crippen LogP contribution in [-0.2, 0) is 4.79 Å². The number of amidine groups is 1. The fraction of sp³-hybridized carbons (Fsp3) is 0.800. The topological polar surface area (TPSA) is 78.5 Å². The van der Waals surface area contributed by atoms with Gasteiger partial charge in [-0.25, -0.2) is 9.48 Å². The molecule has 0 aliphatic carbocycles. The summed E-state index contributed by atoms with van der Waals surface area (Å²) in [6, 6.07) is 0. The summed E-state index contributed by atoms with van der Waals surface area (Å²) in [5.74, 6) is -0.225. The maximum Gasteiger partial charge on any atom is 0.209 e. The summed E-state index contributed by atoms with van der Waals surface area (Å²) in [6.07, 6.45) is 32.9. The summed E-state index contributed by atoms with van der Waals surface area (Å²) in [6.45, 7) is 5.48. The van der Waals surface area contributed by atoms with E-state index in [0.717, 1.165) is 18.7 Å². The number of allylic oxidation sites excluding steroid dienone is 1. The molecule has 1 heterocycles. The first-order valence-electron chi connectivity index (χ1n) is 14.7. The molecule has 0 radical (unpaired) electrons. The minimum absolute atomic E-state index is 0.110. The average Bonchev–Trinajstić information content (AvgIpc) is 3.23. The molecule has 0 spiro atoms. The molecular weight excluding hydrogens is 434 g/mol. The Morgan fingerprint density at radius 1 is 0.857 bits per heavy atom. The number of nitrogens with zero attached hydrogens (tertiary/aromatic N) is 2. The Morgan fingerprint density at radius 3 is 1.63 bits per heavy atom. The lowest BCUT2D eigenvalue weighted by Crippen LogP contribution is -2.60. The second-order valence-electron chi connectivity index (χ2n) is 10.6. The molecule has 5 nitrogen and oxygen atoms in total.